The van der Waals surface area contributed by atoms with Crippen LogP contribution in [0.5, 0.6) is 0 Å². The topological polar surface area (TPSA) is 64.4 Å². The van der Waals surface area contributed by atoms with Crippen molar-refractivity contribution in [3.05, 3.63) is 66.1 Å². The zero-order valence-corrected chi connectivity index (χ0v) is 12.2. The molecule has 0 saturated carbocycles. The molecule has 0 aliphatic heterocycles. The van der Waals surface area contributed by atoms with E-state index in [1.807, 2.05) is 0 Å². The molecule has 0 fully saturated rings. The van der Waals surface area contributed by atoms with Gasteiger partial charge in [0.25, 0.3) is 6.01 Å². The van der Waals surface area contributed by atoms with Crippen LogP contribution < -0.4 is 5.32 Å². The maximum atomic E-state index is 13.6. The summed E-state index contributed by atoms with van der Waals surface area (Å²) >= 11 is 0. The van der Waals surface area contributed by atoms with Crippen molar-refractivity contribution >= 4 is 17.7 Å². The summed E-state index contributed by atoms with van der Waals surface area (Å²) < 4.78 is 23.8. The number of carbonyl (C=O) groups is 1. The molecular weight excluding hydrogens is 299 g/mol. The maximum absolute atomic E-state index is 13.6. The lowest BCUT2D eigenvalue weighted by Gasteiger charge is -2.03. The molecule has 0 amide bonds. The van der Waals surface area contributed by atoms with Crippen molar-refractivity contribution in [1.82, 2.24) is 4.98 Å². The summed E-state index contributed by atoms with van der Waals surface area (Å²) in [5, 5.41) is 2.77. The molecule has 3 aromatic rings. The molecule has 116 valence electrons. The Kier molecular flexibility index (Phi) is 4.05. The molecule has 0 bridgehead atoms. The fourth-order valence-corrected chi connectivity index (χ4v) is 2.06. The van der Waals surface area contributed by atoms with Crippen LogP contribution in [0, 0.1) is 5.82 Å². The normalized spacial score (nSPS) is 10.3. The molecule has 1 heterocycles. The van der Waals surface area contributed by atoms with Gasteiger partial charge in [-0.2, -0.15) is 0 Å². The van der Waals surface area contributed by atoms with Crippen LogP contribution in [-0.2, 0) is 4.74 Å². The number of ether oxygens (including phenoxy) is 1. The lowest BCUT2D eigenvalue weighted by molar-refractivity contribution is 0.0601. The van der Waals surface area contributed by atoms with Gasteiger partial charge in [0.2, 0.25) is 0 Å². The van der Waals surface area contributed by atoms with Gasteiger partial charge in [0, 0.05) is 5.56 Å². The highest BCUT2D eigenvalue weighted by molar-refractivity contribution is 5.90. The SMILES string of the molecule is COC(=O)c1cccc(-c2cnc(Nc3ccccc3F)o2)c1. The van der Waals surface area contributed by atoms with Crippen molar-refractivity contribution in [3.63, 3.8) is 0 Å². The Labute approximate surface area is 131 Å². The Hall–Kier alpha value is -3.15. The molecule has 2 aromatic carbocycles. The summed E-state index contributed by atoms with van der Waals surface area (Å²) in [4.78, 5) is 15.6. The third-order valence-electron chi connectivity index (χ3n) is 3.19. The molecule has 5 nitrogen and oxygen atoms in total. The molecule has 1 N–H and O–H groups in total. The Morgan fingerprint density at radius 2 is 2.04 bits per heavy atom. The van der Waals surface area contributed by atoms with Crippen LogP contribution >= 0.6 is 0 Å². The van der Waals surface area contributed by atoms with E-state index in [4.69, 9.17) is 4.42 Å². The van der Waals surface area contributed by atoms with E-state index in [1.165, 1.54) is 19.4 Å². The number of carbonyl (C=O) groups excluding carboxylic acids is 1. The lowest BCUT2D eigenvalue weighted by Crippen LogP contribution is -2.00. The van der Waals surface area contributed by atoms with Gasteiger partial charge >= 0.3 is 5.97 Å². The van der Waals surface area contributed by atoms with Crippen molar-refractivity contribution < 1.29 is 18.3 Å². The van der Waals surface area contributed by atoms with Crippen molar-refractivity contribution in [2.45, 2.75) is 0 Å². The predicted molar refractivity (Wildman–Crippen MR) is 83.0 cm³/mol. The van der Waals surface area contributed by atoms with Crippen LogP contribution in [0.25, 0.3) is 11.3 Å². The number of nitrogens with zero attached hydrogens (tertiary/aromatic N) is 1. The molecule has 3 rings (SSSR count). The van der Waals surface area contributed by atoms with E-state index in [2.05, 4.69) is 15.0 Å². The van der Waals surface area contributed by atoms with Gasteiger partial charge in [-0.15, -0.1) is 0 Å². The molecule has 0 spiro atoms. The zero-order chi connectivity index (χ0) is 16.2. The minimum atomic E-state index is -0.434. The van der Waals surface area contributed by atoms with Crippen LogP contribution in [0.3, 0.4) is 0 Å². The van der Waals surface area contributed by atoms with Gasteiger partial charge in [0.05, 0.1) is 24.6 Å². The van der Waals surface area contributed by atoms with Gasteiger partial charge in [-0.05, 0) is 24.3 Å². The number of methoxy groups -OCH3 is 1. The summed E-state index contributed by atoms with van der Waals surface area (Å²) in [6.07, 6.45) is 1.50. The molecule has 0 atom stereocenters. The Balaban J connectivity index is 1.85. The van der Waals surface area contributed by atoms with Gasteiger partial charge < -0.3 is 14.5 Å². The second kappa shape index (κ2) is 6.31. The largest absolute Gasteiger partial charge is 0.465 e. The number of nitrogens with one attached hydrogen (secondary N) is 1. The molecule has 0 aliphatic rings. The average molecular weight is 312 g/mol. The van der Waals surface area contributed by atoms with Crippen molar-refractivity contribution in [2.75, 3.05) is 12.4 Å². The highest BCUT2D eigenvalue weighted by atomic mass is 19.1. The highest BCUT2D eigenvalue weighted by Crippen LogP contribution is 2.26. The first-order chi connectivity index (χ1) is 11.2. The second-order valence-electron chi connectivity index (χ2n) is 4.71. The molecule has 23 heavy (non-hydrogen) atoms. The molecular formula is C17H13FN2O3. The zero-order valence-electron chi connectivity index (χ0n) is 12.2. The van der Waals surface area contributed by atoms with Crippen LogP contribution in [-0.4, -0.2) is 18.1 Å². The third-order valence-corrected chi connectivity index (χ3v) is 3.19. The number of benzene rings is 2. The van der Waals surface area contributed by atoms with Crippen LogP contribution in [0.1, 0.15) is 10.4 Å². The number of rotatable bonds is 4. The van der Waals surface area contributed by atoms with Gasteiger partial charge in [0.1, 0.15) is 5.82 Å². The van der Waals surface area contributed by atoms with Gasteiger partial charge in [-0.25, -0.2) is 14.2 Å². The highest BCUT2D eigenvalue weighted by Gasteiger charge is 2.11. The van der Waals surface area contributed by atoms with E-state index in [0.717, 1.165) is 0 Å². The molecule has 0 saturated heterocycles. The summed E-state index contributed by atoms with van der Waals surface area (Å²) in [7, 11) is 1.32. The quantitative estimate of drug-likeness (QED) is 0.737. The van der Waals surface area contributed by atoms with Crippen LogP contribution in [0.2, 0.25) is 0 Å². The predicted octanol–water partition coefficient (Wildman–Crippen LogP) is 4.01. The van der Waals surface area contributed by atoms with E-state index in [-0.39, 0.29) is 11.7 Å². The van der Waals surface area contributed by atoms with Crippen molar-refractivity contribution in [3.8, 4) is 11.3 Å². The van der Waals surface area contributed by atoms with E-state index in [1.54, 1.807) is 42.5 Å². The number of hydrogen-bond acceptors (Lipinski definition) is 5. The first kappa shape index (κ1) is 14.8. The molecule has 1 aromatic heterocycles. The number of oxazole rings is 1. The summed E-state index contributed by atoms with van der Waals surface area (Å²) in [6, 6.07) is 13.2. The molecule has 0 radical (unpaired) electrons. The fourth-order valence-electron chi connectivity index (χ4n) is 2.06. The maximum Gasteiger partial charge on any atom is 0.337 e. The fraction of sp³-hybridized carbons (Fsp3) is 0.0588. The molecule has 0 unspecified atom stereocenters. The number of esters is 1. The van der Waals surface area contributed by atoms with Crippen molar-refractivity contribution in [2.24, 2.45) is 0 Å². The van der Waals surface area contributed by atoms with E-state index >= 15 is 0 Å². The van der Waals surface area contributed by atoms with Gasteiger partial charge in [0.15, 0.2) is 5.76 Å². The minimum absolute atomic E-state index is 0.161. The van der Waals surface area contributed by atoms with Crippen LogP contribution in [0.4, 0.5) is 16.1 Å². The Bertz CT molecular complexity index is 845. The smallest absolute Gasteiger partial charge is 0.337 e. The number of para-hydroxylation sites is 1. The minimum Gasteiger partial charge on any atom is -0.465 e. The lowest BCUT2D eigenvalue weighted by atomic mass is 10.1. The number of halogens is 1. The summed E-state index contributed by atoms with van der Waals surface area (Å²) in [6.45, 7) is 0. The third kappa shape index (κ3) is 3.21. The van der Waals surface area contributed by atoms with Crippen molar-refractivity contribution in [1.29, 1.82) is 0 Å². The standard InChI is InChI=1S/C17H13FN2O3/c1-22-16(21)12-6-4-5-11(9-12)15-10-19-17(23-15)20-14-8-3-2-7-13(14)18/h2-10H,1H3,(H,19,20). The summed E-state index contributed by atoms with van der Waals surface area (Å²) in [5.74, 6) is -0.384. The monoisotopic (exact) mass is 312 g/mol. The Morgan fingerprint density at radius 1 is 1.22 bits per heavy atom. The van der Waals surface area contributed by atoms with Gasteiger partial charge in [-0.1, -0.05) is 24.3 Å². The first-order valence-corrected chi connectivity index (χ1v) is 6.83. The average Bonchev–Trinajstić information content (AvgIpc) is 3.05. The Morgan fingerprint density at radius 3 is 2.83 bits per heavy atom. The number of hydrogen-bond donors (Lipinski definition) is 1. The number of aromatic nitrogens is 1. The van der Waals surface area contributed by atoms with E-state index < -0.39 is 11.8 Å². The first-order valence-electron chi connectivity index (χ1n) is 6.83. The molecule has 0 aliphatic carbocycles. The van der Waals surface area contributed by atoms with Crippen LogP contribution in [0.15, 0.2) is 59.1 Å². The van der Waals surface area contributed by atoms with E-state index in [9.17, 15) is 9.18 Å². The summed E-state index contributed by atoms with van der Waals surface area (Å²) in [5.41, 5.74) is 1.34. The van der Waals surface area contributed by atoms with E-state index in [0.29, 0.717) is 16.9 Å². The number of anilines is 2. The molecule has 6 heteroatoms. The second-order valence-corrected chi connectivity index (χ2v) is 4.71. The van der Waals surface area contributed by atoms with Gasteiger partial charge in [-0.3, -0.25) is 0 Å².